The first-order chi connectivity index (χ1) is 8.95. The summed E-state index contributed by atoms with van der Waals surface area (Å²) >= 11 is 0. The monoisotopic (exact) mass is 268 g/mol. The minimum absolute atomic E-state index is 0.101. The van der Waals surface area contributed by atoms with Crippen LogP contribution in [0.15, 0.2) is 30.9 Å². The third-order valence-corrected chi connectivity index (χ3v) is 2.82. The number of benzene rings is 1. The van der Waals surface area contributed by atoms with Crippen LogP contribution in [0.4, 0.5) is 13.6 Å². The first-order valence-corrected chi connectivity index (χ1v) is 6.00. The molecule has 1 aromatic rings. The molecule has 2 amide bonds. The smallest absolute Gasteiger partial charge is 0.317 e. The SMILES string of the molecule is C=CCN(C)C(=O)NCC(C)c1ccc(F)c(F)c1. The van der Waals surface area contributed by atoms with Gasteiger partial charge in [0.15, 0.2) is 11.6 Å². The van der Waals surface area contributed by atoms with E-state index in [1.54, 1.807) is 13.1 Å². The van der Waals surface area contributed by atoms with Crippen LogP contribution in [-0.2, 0) is 0 Å². The number of nitrogens with one attached hydrogen (secondary N) is 1. The minimum atomic E-state index is -0.876. The molecule has 0 aliphatic rings. The average molecular weight is 268 g/mol. The van der Waals surface area contributed by atoms with Gasteiger partial charge in [0.2, 0.25) is 0 Å². The average Bonchev–Trinajstić information content (AvgIpc) is 2.39. The molecule has 3 nitrogen and oxygen atoms in total. The number of carbonyl (C=O) groups is 1. The molecule has 0 radical (unpaired) electrons. The molecular weight excluding hydrogens is 250 g/mol. The van der Waals surface area contributed by atoms with E-state index in [2.05, 4.69) is 11.9 Å². The zero-order valence-electron chi connectivity index (χ0n) is 11.1. The maximum Gasteiger partial charge on any atom is 0.317 e. The summed E-state index contributed by atoms with van der Waals surface area (Å²) in [5.41, 5.74) is 0.644. The van der Waals surface area contributed by atoms with Gasteiger partial charge in [0.25, 0.3) is 0 Å². The third kappa shape index (κ3) is 4.35. The Morgan fingerprint density at radius 2 is 2.16 bits per heavy atom. The molecule has 0 heterocycles. The standard InChI is InChI=1S/C14H18F2N2O/c1-4-7-18(3)14(19)17-9-10(2)11-5-6-12(15)13(16)8-11/h4-6,8,10H,1,7,9H2,2-3H3,(H,17,19). The number of rotatable bonds is 5. The van der Waals surface area contributed by atoms with Crippen LogP contribution in [0, 0.1) is 11.6 Å². The molecule has 0 saturated carbocycles. The van der Waals surface area contributed by atoms with Gasteiger partial charge in [0.05, 0.1) is 0 Å². The van der Waals surface area contributed by atoms with Crippen molar-refractivity contribution in [3.05, 3.63) is 48.1 Å². The van der Waals surface area contributed by atoms with Crippen LogP contribution >= 0.6 is 0 Å². The van der Waals surface area contributed by atoms with Crippen LogP contribution in [0.3, 0.4) is 0 Å². The van der Waals surface area contributed by atoms with Crippen LogP contribution in [-0.4, -0.2) is 31.1 Å². The Labute approximate surface area is 111 Å². The number of amides is 2. The second-order valence-electron chi connectivity index (χ2n) is 4.43. The lowest BCUT2D eigenvalue weighted by atomic mass is 10.0. The Kier molecular flexibility index (Phi) is 5.48. The molecule has 1 rings (SSSR count). The molecule has 1 aromatic carbocycles. The molecule has 104 valence electrons. The number of urea groups is 1. The maximum atomic E-state index is 13.1. The summed E-state index contributed by atoms with van der Waals surface area (Å²) in [4.78, 5) is 13.1. The lowest BCUT2D eigenvalue weighted by Crippen LogP contribution is -2.38. The molecule has 0 saturated heterocycles. The second kappa shape index (κ2) is 6.87. The molecule has 0 bridgehead atoms. The highest BCUT2D eigenvalue weighted by molar-refractivity contribution is 5.74. The third-order valence-electron chi connectivity index (χ3n) is 2.82. The summed E-state index contributed by atoms with van der Waals surface area (Å²) < 4.78 is 25.9. The van der Waals surface area contributed by atoms with E-state index in [-0.39, 0.29) is 11.9 Å². The quantitative estimate of drug-likeness (QED) is 0.818. The largest absolute Gasteiger partial charge is 0.337 e. The molecule has 0 spiro atoms. The summed E-state index contributed by atoms with van der Waals surface area (Å²) in [5, 5.41) is 2.72. The summed E-state index contributed by atoms with van der Waals surface area (Å²) in [7, 11) is 1.65. The van der Waals surface area contributed by atoms with Crippen molar-refractivity contribution >= 4 is 6.03 Å². The fraction of sp³-hybridized carbons (Fsp3) is 0.357. The predicted octanol–water partition coefficient (Wildman–Crippen LogP) is 2.90. The normalized spacial score (nSPS) is 11.8. The number of nitrogens with zero attached hydrogens (tertiary/aromatic N) is 1. The van der Waals surface area contributed by atoms with Gasteiger partial charge in [-0.25, -0.2) is 13.6 Å². The van der Waals surface area contributed by atoms with E-state index in [1.165, 1.54) is 11.0 Å². The minimum Gasteiger partial charge on any atom is -0.337 e. The van der Waals surface area contributed by atoms with Gasteiger partial charge in [-0.1, -0.05) is 19.1 Å². The number of hydrogen-bond donors (Lipinski definition) is 1. The molecule has 19 heavy (non-hydrogen) atoms. The first kappa shape index (κ1) is 15.1. The lowest BCUT2D eigenvalue weighted by Gasteiger charge is -2.18. The van der Waals surface area contributed by atoms with E-state index < -0.39 is 11.6 Å². The first-order valence-electron chi connectivity index (χ1n) is 6.00. The zero-order chi connectivity index (χ0) is 14.4. The van der Waals surface area contributed by atoms with Gasteiger partial charge < -0.3 is 10.2 Å². The van der Waals surface area contributed by atoms with Gasteiger partial charge in [0, 0.05) is 20.1 Å². The van der Waals surface area contributed by atoms with Crippen molar-refractivity contribution in [3.63, 3.8) is 0 Å². The number of likely N-dealkylation sites (N-methyl/N-ethyl adjacent to an activating group) is 1. The van der Waals surface area contributed by atoms with Crippen molar-refractivity contribution in [1.29, 1.82) is 0 Å². The second-order valence-corrected chi connectivity index (χ2v) is 4.43. The molecule has 1 unspecified atom stereocenters. The highest BCUT2D eigenvalue weighted by Gasteiger charge is 2.12. The van der Waals surface area contributed by atoms with Crippen molar-refractivity contribution in [2.24, 2.45) is 0 Å². The molecule has 1 atom stereocenters. The summed E-state index contributed by atoms with van der Waals surface area (Å²) in [5.74, 6) is -1.85. The molecular formula is C14H18F2N2O. The Hall–Kier alpha value is -1.91. The van der Waals surface area contributed by atoms with Crippen molar-refractivity contribution in [2.45, 2.75) is 12.8 Å². The Balaban J connectivity index is 2.55. The molecule has 5 heteroatoms. The fourth-order valence-electron chi connectivity index (χ4n) is 1.59. The van der Waals surface area contributed by atoms with E-state index in [9.17, 15) is 13.6 Å². The summed E-state index contributed by atoms with van der Waals surface area (Å²) in [6.45, 7) is 6.18. The van der Waals surface area contributed by atoms with Crippen molar-refractivity contribution < 1.29 is 13.6 Å². The van der Waals surface area contributed by atoms with E-state index >= 15 is 0 Å². The predicted molar refractivity (Wildman–Crippen MR) is 71.0 cm³/mol. The Morgan fingerprint density at radius 1 is 1.47 bits per heavy atom. The van der Waals surface area contributed by atoms with Crippen LogP contribution in [0.25, 0.3) is 0 Å². The highest BCUT2D eigenvalue weighted by atomic mass is 19.2. The molecule has 0 aliphatic carbocycles. The van der Waals surface area contributed by atoms with E-state index in [4.69, 9.17) is 0 Å². The van der Waals surface area contributed by atoms with E-state index in [0.29, 0.717) is 18.7 Å². The van der Waals surface area contributed by atoms with E-state index in [0.717, 1.165) is 12.1 Å². The molecule has 0 fully saturated rings. The summed E-state index contributed by atoms with van der Waals surface area (Å²) in [6.07, 6.45) is 1.62. The van der Waals surface area contributed by atoms with Gasteiger partial charge in [-0.2, -0.15) is 0 Å². The molecule has 0 aromatic heterocycles. The number of hydrogen-bond acceptors (Lipinski definition) is 1. The van der Waals surface area contributed by atoms with Crippen LogP contribution in [0.2, 0.25) is 0 Å². The van der Waals surface area contributed by atoms with Gasteiger partial charge in [-0.15, -0.1) is 6.58 Å². The summed E-state index contributed by atoms with van der Waals surface area (Å²) in [6, 6.07) is 3.53. The number of halogens is 2. The molecule has 0 aliphatic heterocycles. The maximum absolute atomic E-state index is 13.1. The van der Waals surface area contributed by atoms with Crippen molar-refractivity contribution in [2.75, 3.05) is 20.1 Å². The number of carbonyl (C=O) groups excluding carboxylic acids is 1. The van der Waals surface area contributed by atoms with Crippen LogP contribution in [0.1, 0.15) is 18.4 Å². The van der Waals surface area contributed by atoms with Crippen molar-refractivity contribution in [3.8, 4) is 0 Å². The Morgan fingerprint density at radius 3 is 2.74 bits per heavy atom. The topological polar surface area (TPSA) is 32.3 Å². The molecule has 1 N–H and O–H groups in total. The Bertz CT molecular complexity index is 463. The van der Waals surface area contributed by atoms with Gasteiger partial charge in [-0.05, 0) is 23.6 Å². The zero-order valence-corrected chi connectivity index (χ0v) is 11.1. The van der Waals surface area contributed by atoms with Gasteiger partial charge in [-0.3, -0.25) is 0 Å². The van der Waals surface area contributed by atoms with Crippen LogP contribution < -0.4 is 5.32 Å². The lowest BCUT2D eigenvalue weighted by molar-refractivity contribution is 0.212. The van der Waals surface area contributed by atoms with Gasteiger partial charge in [0.1, 0.15) is 0 Å². The van der Waals surface area contributed by atoms with Gasteiger partial charge >= 0.3 is 6.03 Å². The van der Waals surface area contributed by atoms with E-state index in [1.807, 2.05) is 6.92 Å². The van der Waals surface area contributed by atoms with Crippen LogP contribution in [0.5, 0.6) is 0 Å². The fourth-order valence-corrected chi connectivity index (χ4v) is 1.59. The highest BCUT2D eigenvalue weighted by Crippen LogP contribution is 2.17. The van der Waals surface area contributed by atoms with Crippen molar-refractivity contribution in [1.82, 2.24) is 10.2 Å².